The molecular formula is C18H16N2O. The van der Waals surface area contributed by atoms with E-state index < -0.39 is 6.04 Å². The Morgan fingerprint density at radius 1 is 1.10 bits per heavy atom. The van der Waals surface area contributed by atoms with Gasteiger partial charge in [-0.05, 0) is 36.5 Å². The van der Waals surface area contributed by atoms with Gasteiger partial charge in [0, 0.05) is 23.1 Å². The predicted octanol–water partition coefficient (Wildman–Crippen LogP) is 3.24. The van der Waals surface area contributed by atoms with Crippen LogP contribution in [0.3, 0.4) is 0 Å². The topological polar surface area (TPSA) is 41.8 Å². The average molecular weight is 276 g/mol. The van der Waals surface area contributed by atoms with Gasteiger partial charge in [0.25, 0.3) is 0 Å². The summed E-state index contributed by atoms with van der Waals surface area (Å²) >= 11 is 0. The number of carbonyl (C=O) groups excluding carboxylic acids is 1. The number of benzene rings is 1. The Bertz CT molecular complexity index is 723. The molecule has 2 aliphatic heterocycles. The highest BCUT2D eigenvalue weighted by Gasteiger charge is 2.33. The van der Waals surface area contributed by atoms with Crippen LogP contribution in [0.5, 0.6) is 0 Å². The van der Waals surface area contributed by atoms with Crippen molar-refractivity contribution < 1.29 is 4.79 Å². The molecule has 0 bridgehead atoms. The number of nitrogens with zero attached hydrogens (tertiary/aromatic N) is 2. The summed E-state index contributed by atoms with van der Waals surface area (Å²) in [6.45, 7) is 0.698. The lowest BCUT2D eigenvalue weighted by molar-refractivity contribution is -0.117. The van der Waals surface area contributed by atoms with E-state index in [0.29, 0.717) is 6.54 Å². The zero-order chi connectivity index (χ0) is 14.2. The first kappa shape index (κ1) is 12.5. The number of aliphatic imine (C=N–C) groups is 2. The van der Waals surface area contributed by atoms with Crippen molar-refractivity contribution >= 4 is 17.7 Å². The Morgan fingerprint density at radius 2 is 1.95 bits per heavy atom. The van der Waals surface area contributed by atoms with Crippen molar-refractivity contribution in [3.05, 3.63) is 58.7 Å². The normalized spacial score (nSPS) is 26.7. The molecule has 3 nitrogen and oxygen atoms in total. The zero-order valence-corrected chi connectivity index (χ0v) is 11.7. The molecule has 3 heteroatoms. The second-order valence-electron chi connectivity index (χ2n) is 5.64. The minimum absolute atomic E-state index is 0.146. The van der Waals surface area contributed by atoms with E-state index in [4.69, 9.17) is 0 Å². The number of hydrogen-bond acceptors (Lipinski definition) is 3. The van der Waals surface area contributed by atoms with Gasteiger partial charge in [-0.2, -0.15) is 0 Å². The lowest BCUT2D eigenvalue weighted by Crippen LogP contribution is -2.21. The Balaban J connectivity index is 1.85. The van der Waals surface area contributed by atoms with Crippen LogP contribution in [0.2, 0.25) is 0 Å². The molecule has 21 heavy (non-hydrogen) atoms. The summed E-state index contributed by atoms with van der Waals surface area (Å²) in [5.74, 6) is 0.146. The lowest BCUT2D eigenvalue weighted by atomic mass is 9.82. The maximum atomic E-state index is 13.0. The van der Waals surface area contributed by atoms with Crippen LogP contribution in [0.25, 0.3) is 0 Å². The highest BCUT2D eigenvalue weighted by Crippen LogP contribution is 2.36. The van der Waals surface area contributed by atoms with Gasteiger partial charge in [0.05, 0.1) is 6.54 Å². The van der Waals surface area contributed by atoms with Crippen molar-refractivity contribution in [1.82, 2.24) is 0 Å². The Labute approximate surface area is 123 Å². The maximum Gasteiger partial charge on any atom is 0.188 e. The van der Waals surface area contributed by atoms with Gasteiger partial charge in [-0.25, -0.2) is 0 Å². The van der Waals surface area contributed by atoms with E-state index >= 15 is 0 Å². The molecule has 0 radical (unpaired) electrons. The lowest BCUT2D eigenvalue weighted by Gasteiger charge is -2.22. The van der Waals surface area contributed by atoms with Gasteiger partial charge < -0.3 is 0 Å². The molecule has 0 saturated carbocycles. The zero-order valence-electron chi connectivity index (χ0n) is 11.7. The first-order chi connectivity index (χ1) is 10.3. The molecule has 0 fully saturated rings. The van der Waals surface area contributed by atoms with Gasteiger partial charge in [0.15, 0.2) is 5.78 Å². The van der Waals surface area contributed by atoms with Gasteiger partial charge >= 0.3 is 0 Å². The van der Waals surface area contributed by atoms with E-state index in [1.54, 1.807) is 6.21 Å². The van der Waals surface area contributed by atoms with Crippen molar-refractivity contribution in [1.29, 1.82) is 0 Å². The van der Waals surface area contributed by atoms with Crippen LogP contribution in [-0.4, -0.2) is 24.3 Å². The fourth-order valence-corrected chi connectivity index (χ4v) is 3.36. The van der Waals surface area contributed by atoms with Crippen LogP contribution in [0.1, 0.15) is 30.9 Å². The smallest absolute Gasteiger partial charge is 0.188 e. The first-order valence-electron chi connectivity index (χ1n) is 7.43. The number of Topliss-reactive ketones (excluding diaryl/α,β-unsaturated/α-hetero) is 1. The van der Waals surface area contributed by atoms with E-state index in [1.807, 2.05) is 36.4 Å². The summed E-state index contributed by atoms with van der Waals surface area (Å²) in [4.78, 5) is 22.1. The standard InChI is InChI=1S/C18H16N2O/c21-18-14-7-4-8-15-16(14)13(11-20-15)9-10-19-17(18)12-5-2-1-3-6-12/h1-3,5-6,9-10,17H,4,7-8,11H2/b13-9-,19-10?. The highest BCUT2D eigenvalue weighted by atomic mass is 16.1. The summed E-state index contributed by atoms with van der Waals surface area (Å²) < 4.78 is 0. The molecular weight excluding hydrogens is 260 g/mol. The fraction of sp³-hybridized carbons (Fsp3) is 0.278. The Morgan fingerprint density at radius 3 is 2.81 bits per heavy atom. The summed E-state index contributed by atoms with van der Waals surface area (Å²) in [7, 11) is 0. The number of ketones is 1. The van der Waals surface area contributed by atoms with Crippen LogP contribution in [0.4, 0.5) is 0 Å². The summed E-state index contributed by atoms with van der Waals surface area (Å²) in [6, 6.07) is 9.42. The molecule has 0 aromatic heterocycles. The van der Waals surface area contributed by atoms with E-state index in [1.165, 1.54) is 0 Å². The van der Waals surface area contributed by atoms with Crippen molar-refractivity contribution in [3.63, 3.8) is 0 Å². The van der Waals surface area contributed by atoms with Gasteiger partial charge in [-0.1, -0.05) is 30.3 Å². The van der Waals surface area contributed by atoms with Crippen LogP contribution in [0, 0.1) is 0 Å². The van der Waals surface area contributed by atoms with E-state index in [-0.39, 0.29) is 5.78 Å². The molecule has 4 rings (SSSR count). The summed E-state index contributed by atoms with van der Waals surface area (Å²) in [5, 5.41) is 0. The SMILES string of the molecule is O=C1C2=C3C(=NC/C3=C/C=NC1c1ccccc1)CCC2. The van der Waals surface area contributed by atoms with Crippen molar-refractivity contribution in [2.75, 3.05) is 6.54 Å². The molecule has 2 heterocycles. The number of rotatable bonds is 1. The van der Waals surface area contributed by atoms with Crippen LogP contribution in [-0.2, 0) is 4.79 Å². The number of allylic oxidation sites excluding steroid dienone is 1. The summed E-state index contributed by atoms with van der Waals surface area (Å²) in [6.07, 6.45) is 6.67. The van der Waals surface area contributed by atoms with Gasteiger partial charge in [0.2, 0.25) is 0 Å². The molecule has 1 aromatic carbocycles. The molecule has 3 aliphatic rings. The second-order valence-corrected chi connectivity index (χ2v) is 5.64. The molecule has 0 spiro atoms. The molecule has 1 atom stereocenters. The van der Waals surface area contributed by atoms with Crippen molar-refractivity contribution in [2.45, 2.75) is 25.3 Å². The molecule has 104 valence electrons. The Hall–Kier alpha value is -2.29. The predicted molar refractivity (Wildman–Crippen MR) is 83.9 cm³/mol. The second kappa shape index (κ2) is 4.92. The van der Waals surface area contributed by atoms with Crippen molar-refractivity contribution in [2.24, 2.45) is 9.98 Å². The van der Waals surface area contributed by atoms with Crippen LogP contribution >= 0.6 is 0 Å². The minimum Gasteiger partial charge on any atom is -0.292 e. The van der Waals surface area contributed by atoms with Crippen LogP contribution < -0.4 is 0 Å². The van der Waals surface area contributed by atoms with Gasteiger partial charge in [0.1, 0.15) is 6.04 Å². The largest absolute Gasteiger partial charge is 0.292 e. The third kappa shape index (κ3) is 2.00. The van der Waals surface area contributed by atoms with Crippen molar-refractivity contribution in [3.8, 4) is 0 Å². The quantitative estimate of drug-likeness (QED) is 0.776. The minimum atomic E-state index is -0.411. The van der Waals surface area contributed by atoms with Gasteiger partial charge in [-0.15, -0.1) is 0 Å². The first-order valence-corrected chi connectivity index (χ1v) is 7.43. The molecule has 1 aromatic rings. The molecule has 1 aliphatic carbocycles. The van der Waals surface area contributed by atoms with E-state index in [2.05, 4.69) is 9.98 Å². The molecule has 0 amide bonds. The maximum absolute atomic E-state index is 13.0. The Kier molecular flexibility index (Phi) is 2.92. The monoisotopic (exact) mass is 276 g/mol. The average Bonchev–Trinajstić information content (AvgIpc) is 2.94. The van der Waals surface area contributed by atoms with Gasteiger partial charge in [-0.3, -0.25) is 14.8 Å². The summed E-state index contributed by atoms with van der Waals surface area (Å²) in [5.41, 5.74) is 5.31. The third-order valence-corrected chi connectivity index (χ3v) is 4.36. The highest BCUT2D eigenvalue weighted by molar-refractivity contribution is 6.16. The van der Waals surface area contributed by atoms with E-state index in [0.717, 1.165) is 47.3 Å². The number of hydrogen-bond donors (Lipinski definition) is 0. The fourth-order valence-electron chi connectivity index (χ4n) is 3.36. The molecule has 0 N–H and O–H groups in total. The van der Waals surface area contributed by atoms with E-state index in [9.17, 15) is 4.79 Å². The third-order valence-electron chi connectivity index (χ3n) is 4.36. The van der Waals surface area contributed by atoms with Crippen LogP contribution in [0.15, 0.2) is 63.1 Å². The number of carbonyl (C=O) groups is 1. The molecule has 1 unspecified atom stereocenters. The molecule has 0 saturated heterocycles.